The molecule has 0 heterocycles. The monoisotopic (exact) mass is 203 g/mol. The number of hydrogen-bond donors (Lipinski definition) is 1. The van der Waals surface area contributed by atoms with Crippen molar-refractivity contribution in [2.24, 2.45) is 5.73 Å². The number of hydrogen-bond acceptors (Lipinski definition) is 3. The number of nitrogens with two attached hydrogens (primary N) is 1. The van der Waals surface area contributed by atoms with Crippen molar-refractivity contribution in [3.63, 3.8) is 0 Å². The minimum atomic E-state index is -0.385. The van der Waals surface area contributed by atoms with E-state index in [2.05, 4.69) is 16.6 Å². The van der Waals surface area contributed by atoms with Crippen molar-refractivity contribution in [1.82, 2.24) is 0 Å². The molecular formula is C12H13NO2. The van der Waals surface area contributed by atoms with Gasteiger partial charge < -0.3 is 10.5 Å². The Morgan fingerprint density at radius 1 is 1.47 bits per heavy atom. The molecule has 0 fully saturated rings. The third-order valence-corrected chi connectivity index (χ3v) is 1.77. The van der Waals surface area contributed by atoms with Crippen LogP contribution >= 0.6 is 0 Å². The molecule has 0 aliphatic rings. The number of benzene rings is 1. The van der Waals surface area contributed by atoms with Crippen molar-refractivity contribution < 1.29 is 9.53 Å². The molecule has 1 aromatic rings. The highest BCUT2D eigenvalue weighted by Crippen LogP contribution is 2.08. The highest BCUT2D eigenvalue weighted by Gasteiger charge is 2.08. The molecule has 1 rings (SSSR count). The summed E-state index contributed by atoms with van der Waals surface area (Å²) in [6.45, 7) is 1.79. The molecule has 0 saturated heterocycles. The molecule has 0 spiro atoms. The zero-order valence-electron chi connectivity index (χ0n) is 8.78. The van der Waals surface area contributed by atoms with Crippen molar-refractivity contribution >= 4 is 5.97 Å². The first-order valence-corrected chi connectivity index (χ1v) is 4.59. The fourth-order valence-electron chi connectivity index (χ4n) is 1.07. The summed E-state index contributed by atoms with van der Waals surface area (Å²) in [7, 11) is 1.35. The third kappa shape index (κ3) is 3.12. The standard InChI is InChI=1S/C12H13NO2/c1-9(13)7-8-10-5-3-4-6-11(10)12(14)15-2/h3-6,9H,13H2,1-2H3. The predicted octanol–water partition coefficient (Wildman–Crippen LogP) is 1.17. The largest absolute Gasteiger partial charge is 0.465 e. The van der Waals surface area contributed by atoms with E-state index in [0.717, 1.165) is 0 Å². The van der Waals surface area contributed by atoms with E-state index in [0.29, 0.717) is 11.1 Å². The SMILES string of the molecule is COC(=O)c1ccccc1C#CC(C)N. The zero-order valence-corrected chi connectivity index (χ0v) is 8.78. The molecule has 0 radical (unpaired) electrons. The van der Waals surface area contributed by atoms with Gasteiger partial charge in [-0.1, -0.05) is 24.0 Å². The number of carbonyl (C=O) groups is 1. The lowest BCUT2D eigenvalue weighted by atomic mass is 10.1. The molecule has 0 amide bonds. The number of methoxy groups -OCH3 is 1. The molecule has 2 N–H and O–H groups in total. The van der Waals surface area contributed by atoms with Gasteiger partial charge in [-0.25, -0.2) is 4.79 Å². The van der Waals surface area contributed by atoms with Gasteiger partial charge in [-0.15, -0.1) is 0 Å². The maximum atomic E-state index is 11.4. The van der Waals surface area contributed by atoms with Crippen LogP contribution in [0.4, 0.5) is 0 Å². The van der Waals surface area contributed by atoms with Crippen LogP contribution in [0.15, 0.2) is 24.3 Å². The first kappa shape index (κ1) is 11.3. The molecular weight excluding hydrogens is 190 g/mol. The van der Waals surface area contributed by atoms with Gasteiger partial charge in [0, 0.05) is 5.56 Å². The molecule has 15 heavy (non-hydrogen) atoms. The molecule has 1 atom stereocenters. The summed E-state index contributed by atoms with van der Waals surface area (Å²) in [4.78, 5) is 11.4. The van der Waals surface area contributed by atoms with Crippen LogP contribution in [0.2, 0.25) is 0 Å². The lowest BCUT2D eigenvalue weighted by molar-refractivity contribution is 0.0600. The molecule has 0 saturated carbocycles. The van der Waals surface area contributed by atoms with E-state index >= 15 is 0 Å². The molecule has 1 unspecified atom stereocenters. The van der Waals surface area contributed by atoms with Gasteiger partial charge in [-0.05, 0) is 19.1 Å². The smallest absolute Gasteiger partial charge is 0.339 e. The highest BCUT2D eigenvalue weighted by molar-refractivity contribution is 5.92. The molecule has 0 aliphatic carbocycles. The minimum absolute atomic E-state index is 0.212. The molecule has 78 valence electrons. The first-order valence-electron chi connectivity index (χ1n) is 4.59. The second-order valence-corrected chi connectivity index (χ2v) is 3.10. The molecule has 0 bridgehead atoms. The summed E-state index contributed by atoms with van der Waals surface area (Å²) in [5.74, 6) is 5.27. The molecule has 0 aliphatic heterocycles. The van der Waals surface area contributed by atoms with E-state index in [4.69, 9.17) is 5.73 Å². The Morgan fingerprint density at radius 3 is 2.73 bits per heavy atom. The summed E-state index contributed by atoms with van der Waals surface area (Å²) >= 11 is 0. The maximum absolute atomic E-state index is 11.4. The average Bonchev–Trinajstić information content (AvgIpc) is 2.25. The van der Waals surface area contributed by atoms with E-state index in [1.165, 1.54) is 7.11 Å². The summed E-state index contributed by atoms with van der Waals surface area (Å²) in [5, 5.41) is 0. The Labute approximate surface area is 89.2 Å². The van der Waals surface area contributed by atoms with Crippen LogP contribution in [0.25, 0.3) is 0 Å². The Morgan fingerprint density at radius 2 is 2.13 bits per heavy atom. The lowest BCUT2D eigenvalue weighted by Crippen LogP contribution is -2.11. The Bertz CT molecular complexity index is 413. The molecule has 3 heteroatoms. The van der Waals surface area contributed by atoms with Crippen molar-refractivity contribution in [1.29, 1.82) is 0 Å². The summed E-state index contributed by atoms with van der Waals surface area (Å²) in [5.41, 5.74) is 6.62. The van der Waals surface area contributed by atoms with Gasteiger partial charge in [-0.3, -0.25) is 0 Å². The van der Waals surface area contributed by atoms with Crippen LogP contribution in [0.5, 0.6) is 0 Å². The molecule has 1 aromatic carbocycles. The fraction of sp³-hybridized carbons (Fsp3) is 0.250. The minimum Gasteiger partial charge on any atom is -0.465 e. The molecule has 3 nitrogen and oxygen atoms in total. The fourth-order valence-corrected chi connectivity index (χ4v) is 1.07. The second kappa shape index (κ2) is 5.18. The third-order valence-electron chi connectivity index (χ3n) is 1.77. The van der Waals surface area contributed by atoms with Crippen LogP contribution in [0, 0.1) is 11.8 Å². The zero-order chi connectivity index (χ0) is 11.3. The van der Waals surface area contributed by atoms with Gasteiger partial charge in [0.05, 0.1) is 18.7 Å². The van der Waals surface area contributed by atoms with E-state index < -0.39 is 0 Å². The highest BCUT2D eigenvalue weighted by atomic mass is 16.5. The molecule has 0 aromatic heterocycles. The Kier molecular flexibility index (Phi) is 3.90. The van der Waals surface area contributed by atoms with Crippen molar-refractivity contribution in [2.45, 2.75) is 13.0 Å². The quantitative estimate of drug-likeness (QED) is 0.550. The second-order valence-electron chi connectivity index (χ2n) is 3.10. The van der Waals surface area contributed by atoms with Crippen LogP contribution < -0.4 is 5.73 Å². The van der Waals surface area contributed by atoms with Gasteiger partial charge in [-0.2, -0.15) is 0 Å². The first-order chi connectivity index (χ1) is 7.15. The maximum Gasteiger partial charge on any atom is 0.339 e. The van der Waals surface area contributed by atoms with Crippen LogP contribution in [-0.4, -0.2) is 19.1 Å². The summed E-state index contributed by atoms with van der Waals surface area (Å²) < 4.78 is 4.65. The van der Waals surface area contributed by atoms with Gasteiger partial charge in [0.25, 0.3) is 0 Å². The van der Waals surface area contributed by atoms with Gasteiger partial charge in [0.2, 0.25) is 0 Å². The number of ether oxygens (including phenoxy) is 1. The van der Waals surface area contributed by atoms with E-state index in [9.17, 15) is 4.79 Å². The predicted molar refractivity (Wildman–Crippen MR) is 58.3 cm³/mol. The number of rotatable bonds is 1. The van der Waals surface area contributed by atoms with Crippen molar-refractivity contribution in [2.75, 3.05) is 7.11 Å². The Hall–Kier alpha value is -1.79. The van der Waals surface area contributed by atoms with E-state index in [-0.39, 0.29) is 12.0 Å². The van der Waals surface area contributed by atoms with E-state index in [1.807, 2.05) is 6.07 Å². The number of carbonyl (C=O) groups excluding carboxylic acids is 1. The summed E-state index contributed by atoms with van der Waals surface area (Å²) in [6.07, 6.45) is 0. The van der Waals surface area contributed by atoms with Gasteiger partial charge in [0.1, 0.15) is 0 Å². The summed E-state index contributed by atoms with van der Waals surface area (Å²) in [6, 6.07) is 6.82. The topological polar surface area (TPSA) is 52.3 Å². The Balaban J connectivity index is 3.09. The van der Waals surface area contributed by atoms with Crippen LogP contribution in [0.3, 0.4) is 0 Å². The average molecular weight is 203 g/mol. The van der Waals surface area contributed by atoms with Crippen LogP contribution in [0.1, 0.15) is 22.8 Å². The van der Waals surface area contributed by atoms with Crippen LogP contribution in [-0.2, 0) is 4.74 Å². The van der Waals surface area contributed by atoms with Gasteiger partial charge in [0.15, 0.2) is 0 Å². The lowest BCUT2D eigenvalue weighted by Gasteiger charge is -2.01. The van der Waals surface area contributed by atoms with Gasteiger partial charge >= 0.3 is 5.97 Å². The normalized spacial score (nSPS) is 11.1. The number of esters is 1. The van der Waals surface area contributed by atoms with Crippen molar-refractivity contribution in [3.05, 3.63) is 35.4 Å². The van der Waals surface area contributed by atoms with Crippen molar-refractivity contribution in [3.8, 4) is 11.8 Å². The van der Waals surface area contributed by atoms with E-state index in [1.54, 1.807) is 25.1 Å².